The second-order valence-electron chi connectivity index (χ2n) is 6.65. The Morgan fingerprint density at radius 1 is 1.38 bits per heavy atom. The Bertz CT molecular complexity index is 726. The van der Waals surface area contributed by atoms with Crippen molar-refractivity contribution in [1.29, 1.82) is 0 Å². The lowest BCUT2D eigenvalue weighted by Crippen LogP contribution is -2.46. The highest BCUT2D eigenvalue weighted by atomic mass is 32.2. The fourth-order valence-electron chi connectivity index (χ4n) is 2.18. The van der Waals surface area contributed by atoms with Crippen LogP contribution in [0.1, 0.15) is 45.2 Å². The molecule has 0 aliphatic carbocycles. The van der Waals surface area contributed by atoms with Crippen molar-refractivity contribution in [3.05, 3.63) is 29.3 Å². The normalized spacial score (nSPS) is 12.9. The number of aromatic nitrogens is 4. The van der Waals surface area contributed by atoms with Crippen LogP contribution in [0.4, 0.5) is 0 Å². The Morgan fingerprint density at radius 3 is 2.71 bits per heavy atom. The molecule has 6 nitrogen and oxygen atoms in total. The number of hydrogen-bond acceptors (Lipinski definition) is 5. The Labute approximate surface area is 147 Å². The smallest absolute Gasteiger partial charge is 0.233 e. The van der Waals surface area contributed by atoms with Gasteiger partial charge in [-0.1, -0.05) is 36.4 Å². The molecule has 24 heavy (non-hydrogen) atoms. The summed E-state index contributed by atoms with van der Waals surface area (Å²) in [6.45, 7) is 12.0. The molecule has 1 amide bonds. The molecule has 1 aromatic carbocycles. The van der Waals surface area contributed by atoms with E-state index in [4.69, 9.17) is 0 Å². The third-order valence-electron chi connectivity index (χ3n) is 4.02. The molecule has 130 valence electrons. The van der Waals surface area contributed by atoms with Gasteiger partial charge < -0.3 is 5.32 Å². The lowest BCUT2D eigenvalue weighted by molar-refractivity contribution is -0.121. The van der Waals surface area contributed by atoms with E-state index in [9.17, 15) is 4.79 Å². The Balaban J connectivity index is 2.17. The van der Waals surface area contributed by atoms with E-state index in [1.807, 2.05) is 46.8 Å². The van der Waals surface area contributed by atoms with Crippen LogP contribution in [0, 0.1) is 13.8 Å². The quantitative estimate of drug-likeness (QED) is 0.813. The molecule has 0 bridgehead atoms. The van der Waals surface area contributed by atoms with E-state index in [0.29, 0.717) is 5.16 Å². The van der Waals surface area contributed by atoms with Gasteiger partial charge in [-0.25, -0.2) is 0 Å². The van der Waals surface area contributed by atoms with Crippen LogP contribution in [0.15, 0.2) is 23.4 Å². The van der Waals surface area contributed by atoms with E-state index in [-0.39, 0.29) is 16.7 Å². The monoisotopic (exact) mass is 347 g/mol. The minimum atomic E-state index is -0.286. The van der Waals surface area contributed by atoms with E-state index >= 15 is 0 Å². The van der Waals surface area contributed by atoms with Gasteiger partial charge in [0.05, 0.1) is 10.9 Å². The van der Waals surface area contributed by atoms with Gasteiger partial charge >= 0.3 is 0 Å². The van der Waals surface area contributed by atoms with Gasteiger partial charge in [0.1, 0.15) is 0 Å². The largest absolute Gasteiger partial charge is 0.350 e. The fraction of sp³-hybridized carbons (Fsp3) is 0.529. The summed E-state index contributed by atoms with van der Waals surface area (Å²) in [6.07, 6.45) is 0.871. The summed E-state index contributed by atoms with van der Waals surface area (Å²) in [4.78, 5) is 12.4. The molecule has 2 rings (SSSR count). The highest BCUT2D eigenvalue weighted by Crippen LogP contribution is 2.25. The highest BCUT2D eigenvalue weighted by Gasteiger charge is 2.24. The van der Waals surface area contributed by atoms with Crippen molar-refractivity contribution < 1.29 is 4.79 Å². The molecule has 0 spiro atoms. The number of nitrogens with one attached hydrogen (secondary N) is 1. The number of aryl methyl sites for hydroxylation is 2. The molecule has 1 aromatic heterocycles. The summed E-state index contributed by atoms with van der Waals surface area (Å²) < 4.78 is 1.69. The molecule has 0 aliphatic rings. The maximum absolute atomic E-state index is 12.4. The zero-order valence-electron chi connectivity index (χ0n) is 15.1. The van der Waals surface area contributed by atoms with Gasteiger partial charge in [-0.2, -0.15) is 4.68 Å². The molecular formula is C17H25N5OS. The van der Waals surface area contributed by atoms with Gasteiger partial charge in [0.25, 0.3) is 0 Å². The molecule has 7 heteroatoms. The molecule has 1 heterocycles. The van der Waals surface area contributed by atoms with E-state index in [1.165, 1.54) is 17.3 Å². The third kappa shape index (κ3) is 4.35. The molecule has 0 radical (unpaired) electrons. The van der Waals surface area contributed by atoms with E-state index in [2.05, 4.69) is 33.8 Å². The third-order valence-corrected chi connectivity index (χ3v) is 5.05. The first-order valence-electron chi connectivity index (χ1n) is 8.08. The van der Waals surface area contributed by atoms with Gasteiger partial charge in [-0.3, -0.25) is 4.79 Å². The van der Waals surface area contributed by atoms with Gasteiger partial charge in [-0.05, 0) is 63.1 Å². The summed E-state index contributed by atoms with van der Waals surface area (Å²) >= 11 is 1.36. The Morgan fingerprint density at radius 2 is 2.08 bits per heavy atom. The van der Waals surface area contributed by atoms with Gasteiger partial charge in [0.15, 0.2) is 0 Å². The zero-order valence-corrected chi connectivity index (χ0v) is 15.9. The molecule has 0 saturated carbocycles. The van der Waals surface area contributed by atoms with Gasteiger partial charge in [-0.15, -0.1) is 5.10 Å². The summed E-state index contributed by atoms with van der Waals surface area (Å²) in [6, 6.07) is 6.11. The molecule has 0 saturated heterocycles. The minimum Gasteiger partial charge on any atom is -0.350 e. The highest BCUT2D eigenvalue weighted by molar-refractivity contribution is 8.00. The van der Waals surface area contributed by atoms with Crippen LogP contribution >= 0.6 is 11.8 Å². The van der Waals surface area contributed by atoms with Crippen LogP contribution in [0.3, 0.4) is 0 Å². The predicted octanol–water partition coefficient (Wildman–Crippen LogP) is 3.06. The molecule has 1 unspecified atom stereocenters. The average Bonchev–Trinajstić information content (AvgIpc) is 2.94. The second kappa shape index (κ2) is 7.34. The number of amides is 1. The molecule has 0 aliphatic heterocycles. The molecule has 1 atom stereocenters. The number of nitrogens with zero attached hydrogens (tertiary/aromatic N) is 4. The SMILES string of the molecule is CCC(C)(C)NC(=O)C(C)Sc1nnnn1-c1ccc(C)cc1C. The maximum atomic E-state index is 12.4. The van der Waals surface area contributed by atoms with E-state index in [1.54, 1.807) is 4.68 Å². The number of carbonyl (C=O) groups excluding carboxylic acids is 1. The van der Waals surface area contributed by atoms with Crippen molar-refractivity contribution in [3.8, 4) is 5.69 Å². The molecule has 0 fully saturated rings. The lowest BCUT2D eigenvalue weighted by atomic mass is 10.0. The van der Waals surface area contributed by atoms with Crippen LogP contribution in [0.25, 0.3) is 5.69 Å². The number of hydrogen-bond donors (Lipinski definition) is 1. The van der Waals surface area contributed by atoms with Crippen LogP contribution in [-0.4, -0.2) is 36.9 Å². The van der Waals surface area contributed by atoms with Crippen LogP contribution in [-0.2, 0) is 4.79 Å². The number of rotatable bonds is 6. The maximum Gasteiger partial charge on any atom is 0.233 e. The first-order valence-corrected chi connectivity index (χ1v) is 8.96. The second-order valence-corrected chi connectivity index (χ2v) is 7.96. The average molecular weight is 347 g/mol. The van der Waals surface area contributed by atoms with E-state index in [0.717, 1.165) is 17.7 Å². The lowest BCUT2D eigenvalue weighted by Gasteiger charge is -2.26. The molecular weight excluding hydrogens is 322 g/mol. The van der Waals surface area contributed by atoms with Crippen molar-refractivity contribution in [2.24, 2.45) is 0 Å². The summed E-state index contributed by atoms with van der Waals surface area (Å²) in [5, 5.41) is 15.3. The van der Waals surface area contributed by atoms with Gasteiger partial charge in [0, 0.05) is 5.54 Å². The van der Waals surface area contributed by atoms with Crippen molar-refractivity contribution in [3.63, 3.8) is 0 Å². The number of tetrazole rings is 1. The minimum absolute atomic E-state index is 0.0120. The van der Waals surface area contributed by atoms with E-state index < -0.39 is 0 Å². The summed E-state index contributed by atoms with van der Waals surface area (Å²) in [5.74, 6) is -0.0120. The zero-order chi connectivity index (χ0) is 17.9. The van der Waals surface area contributed by atoms with Crippen LogP contribution in [0.5, 0.6) is 0 Å². The first-order chi connectivity index (χ1) is 11.2. The van der Waals surface area contributed by atoms with Crippen LogP contribution in [0.2, 0.25) is 0 Å². The Kier molecular flexibility index (Phi) is 5.64. The predicted molar refractivity (Wildman–Crippen MR) is 96.5 cm³/mol. The standard InChI is InChI=1S/C17H25N5OS/c1-7-17(5,6)18-15(23)13(4)24-16-19-20-21-22(16)14-9-8-11(2)10-12(14)3/h8-10,13H,7H2,1-6H3,(H,18,23). The van der Waals surface area contributed by atoms with Crippen molar-refractivity contribution in [2.75, 3.05) is 0 Å². The number of benzene rings is 1. The molecule has 1 N–H and O–H groups in total. The molecule has 2 aromatic rings. The number of carbonyl (C=O) groups is 1. The van der Waals surface area contributed by atoms with Crippen molar-refractivity contribution >= 4 is 17.7 Å². The Hall–Kier alpha value is -1.89. The first kappa shape index (κ1) is 18.4. The van der Waals surface area contributed by atoms with Crippen LogP contribution < -0.4 is 5.32 Å². The topological polar surface area (TPSA) is 72.7 Å². The van der Waals surface area contributed by atoms with Gasteiger partial charge in [0.2, 0.25) is 11.1 Å². The van der Waals surface area contributed by atoms with Crippen molar-refractivity contribution in [2.45, 2.75) is 63.9 Å². The fourth-order valence-corrected chi connectivity index (χ4v) is 2.98. The van der Waals surface area contributed by atoms with Crippen molar-refractivity contribution in [1.82, 2.24) is 25.5 Å². The summed E-state index contributed by atoms with van der Waals surface area (Å²) in [5.41, 5.74) is 2.99. The number of thioether (sulfide) groups is 1. The summed E-state index contributed by atoms with van der Waals surface area (Å²) in [7, 11) is 0.